The van der Waals surface area contributed by atoms with Crippen LogP contribution in [0.25, 0.3) is 0 Å². The Bertz CT molecular complexity index is 317. The summed E-state index contributed by atoms with van der Waals surface area (Å²) in [6.07, 6.45) is -2.71. The third kappa shape index (κ3) is 2.14. The number of alkyl halides is 2. The number of aliphatic hydroxyl groups excluding tert-OH is 1. The average molecular weight is 208 g/mol. The molecule has 72 valence electrons. The first-order chi connectivity index (χ1) is 6.06. The van der Waals surface area contributed by atoms with E-state index >= 15 is 0 Å². The van der Waals surface area contributed by atoms with E-state index in [4.69, 9.17) is 16.7 Å². The fourth-order valence-electron chi connectivity index (χ4n) is 1.07. The van der Waals surface area contributed by atoms with Crippen LogP contribution in [0.1, 0.15) is 23.2 Å². The van der Waals surface area contributed by atoms with Crippen LogP contribution in [0.2, 0.25) is 5.15 Å². The predicted octanol–water partition coefficient (Wildman–Crippen LogP) is 2.47. The van der Waals surface area contributed by atoms with Gasteiger partial charge in [-0.15, -0.1) is 0 Å². The van der Waals surface area contributed by atoms with Crippen molar-refractivity contribution in [2.24, 2.45) is 0 Å². The smallest absolute Gasteiger partial charge is 0.267 e. The molecule has 0 atom stereocenters. The van der Waals surface area contributed by atoms with Gasteiger partial charge in [-0.1, -0.05) is 11.6 Å². The minimum absolute atomic E-state index is 0.132. The number of aromatic nitrogens is 1. The zero-order chi connectivity index (χ0) is 10.0. The monoisotopic (exact) mass is 207 g/mol. The molecule has 0 aliphatic carbocycles. The van der Waals surface area contributed by atoms with Crippen molar-refractivity contribution in [3.8, 4) is 0 Å². The maximum atomic E-state index is 12.4. The molecule has 1 N–H and O–H groups in total. The number of pyridine rings is 1. The molecule has 0 bridgehead atoms. The third-order valence-electron chi connectivity index (χ3n) is 1.61. The van der Waals surface area contributed by atoms with Crippen molar-refractivity contribution in [1.82, 2.24) is 4.98 Å². The molecule has 1 aromatic rings. The Hall–Kier alpha value is -0.740. The lowest BCUT2D eigenvalue weighted by Crippen LogP contribution is -1.99. The lowest BCUT2D eigenvalue weighted by Gasteiger charge is -2.08. The summed E-state index contributed by atoms with van der Waals surface area (Å²) in [5, 5.41) is 8.56. The zero-order valence-electron chi connectivity index (χ0n) is 6.89. The first kappa shape index (κ1) is 10.3. The number of aliphatic hydroxyl groups is 1. The van der Waals surface area contributed by atoms with E-state index in [2.05, 4.69) is 4.98 Å². The second kappa shape index (κ2) is 3.98. The summed E-state index contributed by atoms with van der Waals surface area (Å²) < 4.78 is 24.7. The lowest BCUT2D eigenvalue weighted by molar-refractivity contribution is 0.146. The van der Waals surface area contributed by atoms with E-state index in [1.807, 2.05) is 0 Å². The van der Waals surface area contributed by atoms with Gasteiger partial charge in [-0.2, -0.15) is 0 Å². The molecular weight excluding hydrogens is 200 g/mol. The number of hydrogen-bond acceptors (Lipinski definition) is 2. The van der Waals surface area contributed by atoms with Crippen molar-refractivity contribution in [2.75, 3.05) is 0 Å². The Morgan fingerprint density at radius 3 is 2.69 bits per heavy atom. The molecule has 2 nitrogen and oxygen atoms in total. The average Bonchev–Trinajstić information content (AvgIpc) is 2.01. The summed E-state index contributed by atoms with van der Waals surface area (Å²) >= 11 is 5.51. The van der Waals surface area contributed by atoms with E-state index in [1.54, 1.807) is 6.92 Å². The molecule has 0 saturated heterocycles. The van der Waals surface area contributed by atoms with Crippen molar-refractivity contribution in [3.63, 3.8) is 0 Å². The fraction of sp³-hybridized carbons (Fsp3) is 0.375. The summed E-state index contributed by atoms with van der Waals surface area (Å²) in [7, 11) is 0. The highest BCUT2D eigenvalue weighted by Crippen LogP contribution is 2.29. The number of halogens is 3. The Morgan fingerprint density at radius 1 is 1.62 bits per heavy atom. The molecule has 0 unspecified atom stereocenters. The fourth-order valence-corrected chi connectivity index (χ4v) is 1.41. The Labute approximate surface area is 79.2 Å². The predicted molar refractivity (Wildman–Crippen MR) is 44.9 cm³/mol. The Morgan fingerprint density at radius 2 is 2.23 bits per heavy atom. The molecule has 13 heavy (non-hydrogen) atoms. The van der Waals surface area contributed by atoms with Crippen molar-refractivity contribution in [3.05, 3.63) is 28.0 Å². The van der Waals surface area contributed by atoms with Crippen LogP contribution >= 0.6 is 11.6 Å². The van der Waals surface area contributed by atoms with Gasteiger partial charge in [0.25, 0.3) is 6.43 Å². The molecule has 0 spiro atoms. The highest BCUT2D eigenvalue weighted by Gasteiger charge is 2.18. The second-order valence-electron chi connectivity index (χ2n) is 2.59. The molecule has 0 amide bonds. The third-order valence-corrected chi connectivity index (χ3v) is 1.90. The van der Waals surface area contributed by atoms with Gasteiger partial charge in [-0.05, 0) is 18.6 Å². The van der Waals surface area contributed by atoms with E-state index in [0.717, 1.165) is 0 Å². The first-order valence-corrected chi connectivity index (χ1v) is 3.99. The van der Waals surface area contributed by atoms with Gasteiger partial charge >= 0.3 is 0 Å². The van der Waals surface area contributed by atoms with Crippen molar-refractivity contribution in [1.29, 1.82) is 0 Å². The molecule has 1 aromatic heterocycles. The molecule has 1 heterocycles. The van der Waals surface area contributed by atoms with Gasteiger partial charge in [0.15, 0.2) is 0 Å². The van der Waals surface area contributed by atoms with Crippen molar-refractivity contribution in [2.45, 2.75) is 20.0 Å². The topological polar surface area (TPSA) is 33.1 Å². The van der Waals surface area contributed by atoms with Gasteiger partial charge in [0.2, 0.25) is 0 Å². The van der Waals surface area contributed by atoms with Crippen LogP contribution in [-0.4, -0.2) is 10.1 Å². The normalized spacial score (nSPS) is 10.9. The maximum Gasteiger partial charge on any atom is 0.267 e. The molecular formula is C8H8ClF2NO. The van der Waals surface area contributed by atoms with Gasteiger partial charge in [-0.3, -0.25) is 0 Å². The Balaban J connectivity index is 3.30. The molecule has 1 rings (SSSR count). The summed E-state index contributed by atoms with van der Waals surface area (Å²) in [4.78, 5) is 3.68. The highest BCUT2D eigenvalue weighted by atomic mass is 35.5. The van der Waals surface area contributed by atoms with Gasteiger partial charge in [-0.25, -0.2) is 13.8 Å². The first-order valence-electron chi connectivity index (χ1n) is 3.61. The van der Waals surface area contributed by atoms with E-state index in [-0.39, 0.29) is 16.3 Å². The van der Waals surface area contributed by atoms with Crippen LogP contribution in [0, 0.1) is 6.92 Å². The van der Waals surface area contributed by atoms with Gasteiger partial charge in [0.1, 0.15) is 5.15 Å². The van der Waals surface area contributed by atoms with Crippen LogP contribution in [0.3, 0.4) is 0 Å². The standard InChI is InChI=1S/C8H8ClF2NO/c1-4-2-5(3-13)6(8(10)11)7(9)12-4/h2,8,13H,3H2,1H3. The molecule has 0 radical (unpaired) electrons. The van der Waals surface area contributed by atoms with Gasteiger partial charge in [0.05, 0.1) is 12.2 Å². The largest absolute Gasteiger partial charge is 0.392 e. The number of nitrogens with zero attached hydrogens (tertiary/aromatic N) is 1. The second-order valence-corrected chi connectivity index (χ2v) is 2.94. The molecule has 0 fully saturated rings. The minimum Gasteiger partial charge on any atom is -0.392 e. The van der Waals surface area contributed by atoms with E-state index in [1.165, 1.54) is 6.07 Å². The van der Waals surface area contributed by atoms with E-state index < -0.39 is 13.0 Å². The van der Waals surface area contributed by atoms with Gasteiger partial charge < -0.3 is 5.11 Å². The number of aryl methyl sites for hydroxylation is 1. The number of rotatable bonds is 2. The summed E-state index contributed by atoms with van der Waals surface area (Å²) in [5.74, 6) is 0. The van der Waals surface area contributed by atoms with Crippen LogP contribution in [0.15, 0.2) is 6.07 Å². The van der Waals surface area contributed by atoms with Crippen molar-refractivity contribution < 1.29 is 13.9 Å². The summed E-state index contributed by atoms with van der Waals surface area (Å²) in [5.41, 5.74) is 0.265. The highest BCUT2D eigenvalue weighted by molar-refractivity contribution is 6.30. The molecule has 0 aromatic carbocycles. The SMILES string of the molecule is Cc1cc(CO)c(C(F)F)c(Cl)n1. The van der Waals surface area contributed by atoms with Gasteiger partial charge in [0, 0.05) is 5.69 Å². The van der Waals surface area contributed by atoms with E-state index in [0.29, 0.717) is 5.69 Å². The molecule has 5 heteroatoms. The molecule has 0 saturated carbocycles. The molecule has 0 aliphatic heterocycles. The lowest BCUT2D eigenvalue weighted by atomic mass is 10.1. The van der Waals surface area contributed by atoms with Crippen LogP contribution in [0.4, 0.5) is 8.78 Å². The van der Waals surface area contributed by atoms with Crippen LogP contribution in [-0.2, 0) is 6.61 Å². The minimum atomic E-state index is -2.71. The Kier molecular flexibility index (Phi) is 3.17. The van der Waals surface area contributed by atoms with Crippen molar-refractivity contribution >= 4 is 11.6 Å². The summed E-state index contributed by atoms with van der Waals surface area (Å²) in [6.45, 7) is 1.17. The van der Waals surface area contributed by atoms with Crippen LogP contribution in [0.5, 0.6) is 0 Å². The quantitative estimate of drug-likeness (QED) is 0.756. The van der Waals surface area contributed by atoms with E-state index in [9.17, 15) is 8.78 Å². The van der Waals surface area contributed by atoms with Crippen LogP contribution < -0.4 is 0 Å². The molecule has 0 aliphatic rings. The summed E-state index contributed by atoms with van der Waals surface area (Å²) in [6, 6.07) is 1.40. The maximum absolute atomic E-state index is 12.4. The number of hydrogen-bond donors (Lipinski definition) is 1. The zero-order valence-corrected chi connectivity index (χ0v) is 7.65.